The predicted octanol–water partition coefficient (Wildman–Crippen LogP) is 4.49. The maximum Gasteiger partial charge on any atom is 0.416 e. The lowest BCUT2D eigenvalue weighted by Crippen LogP contribution is -2.16. The van der Waals surface area contributed by atoms with Crippen molar-refractivity contribution >= 4 is 11.8 Å². The molecule has 3 aromatic rings. The number of rotatable bonds is 5. The Kier molecular flexibility index (Phi) is 5.37. The molecule has 0 fully saturated rings. The van der Waals surface area contributed by atoms with Crippen LogP contribution in [0.5, 0.6) is 0 Å². The number of carbonyl (C=O) groups is 2. The molecule has 2 heterocycles. The topological polar surface area (TPSA) is 53.2 Å². The summed E-state index contributed by atoms with van der Waals surface area (Å²) in [6.07, 6.45) is -2.78. The van der Waals surface area contributed by atoms with E-state index in [1.807, 2.05) is 0 Å². The van der Waals surface area contributed by atoms with Gasteiger partial charge < -0.3 is 13.9 Å². The van der Waals surface area contributed by atoms with Crippen molar-refractivity contribution in [3.63, 3.8) is 0 Å². The number of Topliss-reactive ketones (excluding diaryl/α,β-unsaturated/α-hetero) is 1. The van der Waals surface area contributed by atoms with Crippen LogP contribution in [-0.2, 0) is 18.0 Å². The zero-order valence-corrected chi connectivity index (χ0v) is 16.1. The van der Waals surface area contributed by atoms with Gasteiger partial charge in [0.15, 0.2) is 6.61 Å². The summed E-state index contributed by atoms with van der Waals surface area (Å²) in [4.78, 5) is 24.6. The summed E-state index contributed by atoms with van der Waals surface area (Å²) < 4.78 is 47.3. The molecule has 0 aliphatic heterocycles. The van der Waals surface area contributed by atoms with E-state index in [9.17, 15) is 22.8 Å². The van der Waals surface area contributed by atoms with Crippen LogP contribution in [0.2, 0.25) is 0 Å². The van der Waals surface area contributed by atoms with Crippen molar-refractivity contribution in [1.29, 1.82) is 0 Å². The van der Waals surface area contributed by atoms with E-state index < -0.39 is 30.1 Å². The van der Waals surface area contributed by atoms with Crippen LogP contribution in [0.4, 0.5) is 13.2 Å². The number of aromatic nitrogens is 2. The van der Waals surface area contributed by atoms with Crippen LogP contribution in [-0.4, -0.2) is 27.5 Å². The number of nitrogens with zero attached hydrogens (tertiary/aromatic N) is 2. The fraction of sp³-hybridized carbons (Fsp3) is 0.238. The lowest BCUT2D eigenvalue weighted by Gasteiger charge is -2.13. The van der Waals surface area contributed by atoms with Crippen molar-refractivity contribution in [2.24, 2.45) is 7.05 Å². The molecule has 0 saturated carbocycles. The Morgan fingerprint density at radius 3 is 2.41 bits per heavy atom. The Bertz CT molecular complexity index is 1080. The summed E-state index contributed by atoms with van der Waals surface area (Å²) in [7, 11) is 1.68. The van der Waals surface area contributed by atoms with Gasteiger partial charge in [-0.05, 0) is 50.2 Å². The highest BCUT2D eigenvalue weighted by atomic mass is 19.4. The van der Waals surface area contributed by atoms with Crippen LogP contribution in [0.1, 0.15) is 37.8 Å². The van der Waals surface area contributed by atoms with Crippen molar-refractivity contribution in [2.45, 2.75) is 20.0 Å². The Hall–Kier alpha value is -3.29. The number of carbonyl (C=O) groups excluding carboxylic acids is 2. The van der Waals surface area contributed by atoms with Gasteiger partial charge in [-0.15, -0.1) is 0 Å². The fourth-order valence-electron chi connectivity index (χ4n) is 3.22. The number of benzene rings is 1. The van der Waals surface area contributed by atoms with E-state index in [4.69, 9.17) is 4.74 Å². The largest absolute Gasteiger partial charge is 0.453 e. The number of aryl methyl sites for hydroxylation is 2. The molecule has 29 heavy (non-hydrogen) atoms. The first kappa shape index (κ1) is 20.4. The minimum Gasteiger partial charge on any atom is -0.453 e. The van der Waals surface area contributed by atoms with Crippen molar-refractivity contribution in [2.75, 3.05) is 6.61 Å². The second kappa shape index (κ2) is 7.62. The second-order valence-electron chi connectivity index (χ2n) is 6.67. The standard InChI is InChI=1S/C21H19F3N2O3/c1-13-10-17(19(27)12-29-20(28)18-8-5-9-25(18)3)14(2)26(13)16-7-4-6-15(11-16)21(22,23)24/h4-11H,12H2,1-3H3. The zero-order valence-electron chi connectivity index (χ0n) is 16.1. The molecule has 0 amide bonds. The maximum atomic E-state index is 13.0. The summed E-state index contributed by atoms with van der Waals surface area (Å²) in [5, 5.41) is 0. The molecule has 0 radical (unpaired) electrons. The minimum absolute atomic E-state index is 0.291. The predicted molar refractivity (Wildman–Crippen MR) is 100 cm³/mol. The molecule has 8 heteroatoms. The van der Waals surface area contributed by atoms with Gasteiger partial charge in [0.25, 0.3) is 0 Å². The van der Waals surface area contributed by atoms with E-state index in [0.717, 1.165) is 12.1 Å². The lowest BCUT2D eigenvalue weighted by molar-refractivity contribution is -0.137. The quantitative estimate of drug-likeness (QED) is 0.465. The van der Waals surface area contributed by atoms with Crippen molar-refractivity contribution in [3.05, 3.63) is 76.9 Å². The Balaban J connectivity index is 1.83. The molecule has 152 valence electrons. The van der Waals surface area contributed by atoms with Gasteiger partial charge in [0.2, 0.25) is 5.78 Å². The Morgan fingerprint density at radius 1 is 1.07 bits per heavy atom. The minimum atomic E-state index is -4.46. The summed E-state index contributed by atoms with van der Waals surface area (Å²) in [6, 6.07) is 9.72. The van der Waals surface area contributed by atoms with Crippen molar-refractivity contribution < 1.29 is 27.5 Å². The molecule has 0 saturated heterocycles. The Morgan fingerprint density at radius 2 is 1.79 bits per heavy atom. The fourth-order valence-corrected chi connectivity index (χ4v) is 3.22. The van der Waals surface area contributed by atoms with E-state index in [2.05, 4.69) is 0 Å². The van der Waals surface area contributed by atoms with Crippen LogP contribution in [0.15, 0.2) is 48.7 Å². The third-order valence-corrected chi connectivity index (χ3v) is 4.65. The molecule has 0 N–H and O–H groups in total. The Labute approximate surface area is 165 Å². The highest BCUT2D eigenvalue weighted by Gasteiger charge is 2.31. The first-order chi connectivity index (χ1) is 13.6. The highest BCUT2D eigenvalue weighted by Crippen LogP contribution is 2.31. The normalized spacial score (nSPS) is 11.5. The molecule has 3 rings (SSSR count). The number of ether oxygens (including phenoxy) is 1. The van der Waals surface area contributed by atoms with Gasteiger partial charge in [0.1, 0.15) is 5.69 Å². The van der Waals surface area contributed by atoms with E-state index in [0.29, 0.717) is 28.3 Å². The molecule has 0 unspecified atom stereocenters. The number of ketones is 1. The smallest absolute Gasteiger partial charge is 0.416 e. The molecule has 1 aromatic carbocycles. The van der Waals surface area contributed by atoms with Gasteiger partial charge in [0.05, 0.1) is 5.56 Å². The van der Waals surface area contributed by atoms with Gasteiger partial charge in [0, 0.05) is 35.9 Å². The molecule has 2 aromatic heterocycles. The van der Waals surface area contributed by atoms with Gasteiger partial charge in [-0.25, -0.2) is 4.79 Å². The number of hydrogen-bond acceptors (Lipinski definition) is 3. The molecule has 0 spiro atoms. The average Bonchev–Trinajstić information content (AvgIpc) is 3.21. The van der Waals surface area contributed by atoms with E-state index in [1.54, 1.807) is 60.5 Å². The number of hydrogen-bond donors (Lipinski definition) is 0. The first-order valence-corrected chi connectivity index (χ1v) is 8.78. The third kappa shape index (κ3) is 4.11. The van der Waals surface area contributed by atoms with Crippen LogP contribution in [0.25, 0.3) is 5.69 Å². The van der Waals surface area contributed by atoms with Crippen LogP contribution >= 0.6 is 0 Å². The third-order valence-electron chi connectivity index (χ3n) is 4.65. The molecule has 0 aliphatic carbocycles. The summed E-state index contributed by atoms with van der Waals surface area (Å²) in [5.41, 5.74) is 1.20. The van der Waals surface area contributed by atoms with Gasteiger partial charge >= 0.3 is 12.1 Å². The highest BCUT2D eigenvalue weighted by molar-refractivity contribution is 6.00. The van der Waals surface area contributed by atoms with Crippen molar-refractivity contribution in [3.8, 4) is 5.69 Å². The number of alkyl halides is 3. The van der Waals surface area contributed by atoms with Crippen LogP contribution in [0.3, 0.4) is 0 Å². The van der Waals surface area contributed by atoms with Gasteiger partial charge in [-0.1, -0.05) is 6.07 Å². The number of esters is 1. The van der Waals surface area contributed by atoms with Crippen LogP contribution in [0, 0.1) is 13.8 Å². The SMILES string of the molecule is Cc1cc(C(=O)COC(=O)c2cccn2C)c(C)n1-c1cccc(C(F)(F)F)c1. The lowest BCUT2D eigenvalue weighted by atomic mass is 10.1. The second-order valence-corrected chi connectivity index (χ2v) is 6.67. The maximum absolute atomic E-state index is 13.0. The van der Waals surface area contributed by atoms with E-state index >= 15 is 0 Å². The molecular formula is C21H19F3N2O3. The van der Waals surface area contributed by atoms with Crippen molar-refractivity contribution in [1.82, 2.24) is 9.13 Å². The molecule has 0 atom stereocenters. The zero-order chi connectivity index (χ0) is 21.3. The van der Waals surface area contributed by atoms with E-state index in [1.165, 1.54) is 6.07 Å². The molecule has 0 bridgehead atoms. The monoisotopic (exact) mass is 404 g/mol. The summed E-state index contributed by atoms with van der Waals surface area (Å²) in [5.74, 6) is -1.06. The molecule has 0 aliphatic rings. The summed E-state index contributed by atoms with van der Waals surface area (Å²) in [6.45, 7) is 2.87. The van der Waals surface area contributed by atoms with E-state index in [-0.39, 0.29) is 0 Å². The van der Waals surface area contributed by atoms with Gasteiger partial charge in [-0.2, -0.15) is 13.2 Å². The first-order valence-electron chi connectivity index (χ1n) is 8.78. The summed E-state index contributed by atoms with van der Waals surface area (Å²) >= 11 is 0. The number of halogens is 3. The van der Waals surface area contributed by atoms with Crippen LogP contribution < -0.4 is 0 Å². The molecular weight excluding hydrogens is 385 g/mol. The molecule has 5 nitrogen and oxygen atoms in total. The van der Waals surface area contributed by atoms with Gasteiger partial charge in [-0.3, -0.25) is 4.79 Å². The average molecular weight is 404 g/mol.